The summed E-state index contributed by atoms with van der Waals surface area (Å²) in [6.45, 7) is 0. The van der Waals surface area contributed by atoms with Crippen molar-refractivity contribution in [2.24, 2.45) is 16.8 Å². The summed E-state index contributed by atoms with van der Waals surface area (Å²) in [4.78, 5) is 5.09. The van der Waals surface area contributed by atoms with Crippen LogP contribution in [0, 0.1) is 5.92 Å². The van der Waals surface area contributed by atoms with E-state index in [1.165, 1.54) is 25.7 Å². The van der Waals surface area contributed by atoms with E-state index in [2.05, 4.69) is 10.1 Å². The highest BCUT2D eigenvalue weighted by molar-refractivity contribution is 7.99. The van der Waals surface area contributed by atoms with Gasteiger partial charge in [-0.05, 0) is 24.8 Å². The quantitative estimate of drug-likeness (QED) is 0.283. The van der Waals surface area contributed by atoms with Crippen LogP contribution in [0.1, 0.15) is 31.2 Å². The SMILES string of the molecule is N/C(=N/O)c1ccncc1SCC1CCCC1. The van der Waals surface area contributed by atoms with Crippen LogP contribution in [0.15, 0.2) is 28.5 Å². The lowest BCUT2D eigenvalue weighted by Crippen LogP contribution is -2.14. The number of nitrogens with zero attached hydrogens (tertiary/aromatic N) is 2. The van der Waals surface area contributed by atoms with Gasteiger partial charge in [0.15, 0.2) is 5.84 Å². The molecule has 1 aromatic heterocycles. The highest BCUT2D eigenvalue weighted by atomic mass is 32.2. The average molecular weight is 251 g/mol. The van der Waals surface area contributed by atoms with Crippen LogP contribution in [-0.2, 0) is 0 Å². The minimum Gasteiger partial charge on any atom is -0.409 e. The van der Waals surface area contributed by atoms with Gasteiger partial charge in [0.2, 0.25) is 0 Å². The van der Waals surface area contributed by atoms with Gasteiger partial charge in [0.25, 0.3) is 0 Å². The van der Waals surface area contributed by atoms with E-state index in [0.29, 0.717) is 0 Å². The monoisotopic (exact) mass is 251 g/mol. The van der Waals surface area contributed by atoms with Gasteiger partial charge in [0.1, 0.15) is 0 Å². The number of hydrogen-bond donors (Lipinski definition) is 2. The highest BCUT2D eigenvalue weighted by Crippen LogP contribution is 2.31. The Morgan fingerprint density at radius 3 is 3.00 bits per heavy atom. The first-order valence-electron chi connectivity index (χ1n) is 5.86. The molecule has 4 nitrogen and oxygen atoms in total. The van der Waals surface area contributed by atoms with E-state index in [1.807, 2.05) is 0 Å². The summed E-state index contributed by atoms with van der Waals surface area (Å²) in [5.41, 5.74) is 6.41. The predicted molar refractivity (Wildman–Crippen MR) is 69.4 cm³/mol. The number of amidine groups is 1. The van der Waals surface area contributed by atoms with Gasteiger partial charge < -0.3 is 10.9 Å². The van der Waals surface area contributed by atoms with Crippen molar-refractivity contribution in [3.8, 4) is 0 Å². The first-order valence-corrected chi connectivity index (χ1v) is 6.84. The van der Waals surface area contributed by atoms with Gasteiger partial charge in [-0.3, -0.25) is 4.98 Å². The van der Waals surface area contributed by atoms with E-state index in [1.54, 1.807) is 30.2 Å². The van der Waals surface area contributed by atoms with Crippen molar-refractivity contribution < 1.29 is 5.21 Å². The molecular weight excluding hydrogens is 234 g/mol. The molecule has 0 saturated heterocycles. The molecule has 1 saturated carbocycles. The maximum absolute atomic E-state index is 8.73. The zero-order chi connectivity index (χ0) is 12.1. The summed E-state index contributed by atoms with van der Waals surface area (Å²) in [7, 11) is 0. The lowest BCUT2D eigenvalue weighted by Gasteiger charge is -2.10. The summed E-state index contributed by atoms with van der Waals surface area (Å²) in [5.74, 6) is 2.05. The van der Waals surface area contributed by atoms with Crippen molar-refractivity contribution in [3.05, 3.63) is 24.0 Å². The van der Waals surface area contributed by atoms with Crippen molar-refractivity contribution >= 4 is 17.6 Å². The van der Waals surface area contributed by atoms with Crippen LogP contribution in [0.5, 0.6) is 0 Å². The predicted octanol–water partition coefficient (Wildman–Crippen LogP) is 2.46. The maximum Gasteiger partial charge on any atom is 0.171 e. The Kier molecular flexibility index (Phi) is 4.25. The fourth-order valence-electron chi connectivity index (χ4n) is 2.15. The number of hydrogen-bond acceptors (Lipinski definition) is 4. The second-order valence-electron chi connectivity index (χ2n) is 4.32. The van der Waals surface area contributed by atoms with Gasteiger partial charge in [-0.2, -0.15) is 0 Å². The molecule has 1 fully saturated rings. The largest absolute Gasteiger partial charge is 0.409 e. The number of aromatic nitrogens is 1. The summed E-state index contributed by atoms with van der Waals surface area (Å²) >= 11 is 1.75. The van der Waals surface area contributed by atoms with E-state index in [4.69, 9.17) is 10.9 Å². The Labute approximate surface area is 105 Å². The fourth-order valence-corrected chi connectivity index (χ4v) is 3.36. The molecule has 0 atom stereocenters. The Bertz CT molecular complexity index is 402. The molecule has 1 heterocycles. The highest BCUT2D eigenvalue weighted by Gasteiger charge is 2.16. The molecule has 0 bridgehead atoms. The van der Waals surface area contributed by atoms with Gasteiger partial charge in [-0.1, -0.05) is 18.0 Å². The molecule has 0 unspecified atom stereocenters. The third-order valence-electron chi connectivity index (χ3n) is 3.12. The topological polar surface area (TPSA) is 71.5 Å². The van der Waals surface area contributed by atoms with Crippen LogP contribution in [0.25, 0.3) is 0 Å². The molecule has 2 rings (SSSR count). The third-order valence-corrected chi connectivity index (χ3v) is 4.39. The van der Waals surface area contributed by atoms with Gasteiger partial charge >= 0.3 is 0 Å². The number of rotatable bonds is 4. The summed E-state index contributed by atoms with van der Waals surface area (Å²) < 4.78 is 0. The minimum atomic E-state index is 0.154. The van der Waals surface area contributed by atoms with Crippen LogP contribution < -0.4 is 5.73 Å². The van der Waals surface area contributed by atoms with E-state index in [9.17, 15) is 0 Å². The van der Waals surface area contributed by atoms with Crippen molar-refractivity contribution in [1.82, 2.24) is 4.98 Å². The van der Waals surface area contributed by atoms with Gasteiger partial charge in [-0.25, -0.2) is 0 Å². The molecule has 0 aliphatic heterocycles. The van der Waals surface area contributed by atoms with Crippen molar-refractivity contribution in [2.75, 3.05) is 5.75 Å². The molecule has 1 aromatic rings. The number of pyridine rings is 1. The molecule has 1 aliphatic rings. The first kappa shape index (κ1) is 12.2. The van der Waals surface area contributed by atoms with Crippen LogP contribution in [0.4, 0.5) is 0 Å². The van der Waals surface area contributed by atoms with Crippen molar-refractivity contribution in [1.29, 1.82) is 0 Å². The summed E-state index contributed by atoms with van der Waals surface area (Å²) in [6, 6.07) is 1.78. The van der Waals surface area contributed by atoms with Crippen LogP contribution in [0.3, 0.4) is 0 Å². The molecule has 3 N–H and O–H groups in total. The van der Waals surface area contributed by atoms with Crippen LogP contribution in [0.2, 0.25) is 0 Å². The molecule has 92 valence electrons. The molecule has 0 spiro atoms. The smallest absolute Gasteiger partial charge is 0.171 e. The molecule has 0 radical (unpaired) electrons. The molecule has 0 aromatic carbocycles. The van der Waals surface area contributed by atoms with Crippen LogP contribution in [-0.4, -0.2) is 21.8 Å². The lowest BCUT2D eigenvalue weighted by atomic mass is 10.1. The number of thioether (sulfide) groups is 1. The van der Waals surface area contributed by atoms with Gasteiger partial charge in [0, 0.05) is 28.6 Å². The second kappa shape index (κ2) is 5.91. The summed E-state index contributed by atoms with van der Waals surface area (Å²) in [5, 5.41) is 11.8. The zero-order valence-corrected chi connectivity index (χ0v) is 10.5. The zero-order valence-electron chi connectivity index (χ0n) is 9.67. The standard InChI is InChI=1S/C12H17N3OS/c13-12(15-16)10-5-6-14-7-11(10)17-8-9-3-1-2-4-9/h5-7,9,16H,1-4,8H2,(H2,13,15). The van der Waals surface area contributed by atoms with E-state index in [0.717, 1.165) is 22.1 Å². The molecule has 1 aliphatic carbocycles. The number of oxime groups is 1. The fraction of sp³-hybridized carbons (Fsp3) is 0.500. The molecule has 0 amide bonds. The summed E-state index contributed by atoms with van der Waals surface area (Å²) in [6.07, 6.45) is 8.80. The average Bonchev–Trinajstić information content (AvgIpc) is 2.89. The van der Waals surface area contributed by atoms with E-state index in [-0.39, 0.29) is 5.84 Å². The normalized spacial score (nSPS) is 17.5. The van der Waals surface area contributed by atoms with E-state index >= 15 is 0 Å². The molecular formula is C12H17N3OS. The van der Waals surface area contributed by atoms with Crippen LogP contribution >= 0.6 is 11.8 Å². The van der Waals surface area contributed by atoms with E-state index < -0.39 is 0 Å². The molecule has 17 heavy (non-hydrogen) atoms. The van der Waals surface area contributed by atoms with Gasteiger partial charge in [0.05, 0.1) is 0 Å². The minimum absolute atomic E-state index is 0.154. The number of nitrogens with two attached hydrogens (primary N) is 1. The second-order valence-corrected chi connectivity index (χ2v) is 5.38. The Morgan fingerprint density at radius 2 is 2.29 bits per heavy atom. The first-order chi connectivity index (χ1) is 8.31. The maximum atomic E-state index is 8.73. The Balaban J connectivity index is 2.04. The Hall–Kier alpha value is -1.23. The lowest BCUT2D eigenvalue weighted by molar-refractivity contribution is 0.318. The molecule has 5 heteroatoms. The third kappa shape index (κ3) is 3.12. The Morgan fingerprint density at radius 1 is 1.53 bits per heavy atom. The van der Waals surface area contributed by atoms with Gasteiger partial charge in [-0.15, -0.1) is 11.8 Å². The van der Waals surface area contributed by atoms with Crippen molar-refractivity contribution in [2.45, 2.75) is 30.6 Å². The van der Waals surface area contributed by atoms with Crippen molar-refractivity contribution in [3.63, 3.8) is 0 Å².